The molecule has 0 N–H and O–H groups in total. The summed E-state index contributed by atoms with van der Waals surface area (Å²) in [5.41, 5.74) is 11.9. The molecule has 0 fully saturated rings. The topological polar surface area (TPSA) is 18.6 Å². The fraction of sp³-hybridized carbons (Fsp3) is 0. The molecule has 4 heteroatoms. The van der Waals surface area contributed by atoms with E-state index in [1.54, 1.807) is 0 Å². The number of para-hydroxylation sites is 3. The van der Waals surface area contributed by atoms with E-state index in [9.17, 15) is 0 Å². The second-order valence-corrected chi connectivity index (χ2v) is 12.0. The molecule has 0 atom stereocenters. The number of rotatable bonds is 4. The molecular formula is C44H26N4. The van der Waals surface area contributed by atoms with E-state index in [4.69, 9.17) is 13.1 Å². The van der Waals surface area contributed by atoms with Gasteiger partial charge in [-0.3, -0.25) is 0 Å². The van der Waals surface area contributed by atoms with E-state index in [0.29, 0.717) is 11.4 Å². The first-order valence-electron chi connectivity index (χ1n) is 15.8. The normalized spacial score (nSPS) is 11.3. The van der Waals surface area contributed by atoms with Gasteiger partial charge in [0.1, 0.15) is 0 Å². The third kappa shape index (κ3) is 4.22. The maximum Gasteiger partial charge on any atom is 0.189 e. The van der Waals surface area contributed by atoms with Gasteiger partial charge in [0.15, 0.2) is 11.4 Å². The zero-order valence-electron chi connectivity index (χ0n) is 25.8. The zero-order valence-corrected chi connectivity index (χ0v) is 25.8. The summed E-state index contributed by atoms with van der Waals surface area (Å²) < 4.78 is 4.53. The molecule has 4 nitrogen and oxygen atoms in total. The van der Waals surface area contributed by atoms with Crippen LogP contribution in [0.2, 0.25) is 0 Å². The first kappa shape index (κ1) is 27.4. The molecule has 9 rings (SSSR count). The van der Waals surface area contributed by atoms with Crippen LogP contribution in [0.15, 0.2) is 158 Å². The minimum absolute atomic E-state index is 0.570. The molecule has 2 aromatic heterocycles. The molecule has 2 heterocycles. The number of nitrogens with zero attached hydrogens (tertiary/aromatic N) is 4. The summed E-state index contributed by atoms with van der Waals surface area (Å²) >= 11 is 0. The van der Waals surface area contributed by atoms with Crippen molar-refractivity contribution < 1.29 is 0 Å². The Morgan fingerprint density at radius 3 is 1.42 bits per heavy atom. The van der Waals surface area contributed by atoms with Gasteiger partial charge in [-0.15, -0.1) is 0 Å². The summed E-state index contributed by atoms with van der Waals surface area (Å²) in [6.45, 7) is 15.4. The van der Waals surface area contributed by atoms with Crippen LogP contribution in [-0.4, -0.2) is 9.13 Å². The van der Waals surface area contributed by atoms with E-state index in [2.05, 4.69) is 128 Å². The van der Waals surface area contributed by atoms with Crippen molar-refractivity contribution in [2.75, 3.05) is 0 Å². The van der Waals surface area contributed by atoms with Gasteiger partial charge in [0.25, 0.3) is 0 Å². The third-order valence-corrected chi connectivity index (χ3v) is 9.37. The lowest BCUT2D eigenvalue weighted by molar-refractivity contribution is 1.18. The minimum Gasteiger partial charge on any atom is -0.311 e. The number of benzene rings is 7. The molecule has 0 bridgehead atoms. The van der Waals surface area contributed by atoms with E-state index in [1.807, 2.05) is 48.5 Å². The molecule has 7 aromatic carbocycles. The molecule has 0 aliphatic heterocycles. The Bertz CT molecular complexity index is 2730. The lowest BCUT2D eigenvalue weighted by Crippen LogP contribution is -1.97. The average molecular weight is 611 g/mol. The molecule has 222 valence electrons. The Morgan fingerprint density at radius 1 is 0.375 bits per heavy atom. The van der Waals surface area contributed by atoms with Crippen molar-refractivity contribution in [3.05, 3.63) is 181 Å². The van der Waals surface area contributed by atoms with Crippen LogP contribution in [0, 0.1) is 13.1 Å². The Labute approximate surface area is 277 Å². The highest BCUT2D eigenvalue weighted by molar-refractivity contribution is 6.11. The largest absolute Gasteiger partial charge is 0.311 e. The quantitative estimate of drug-likeness (QED) is 0.177. The molecule has 0 saturated carbocycles. The Hall–Kier alpha value is -6.88. The van der Waals surface area contributed by atoms with E-state index >= 15 is 0 Å². The van der Waals surface area contributed by atoms with E-state index in [1.165, 1.54) is 21.8 Å². The standard InChI is InChI=1S/C44H26N4/c1-45-32-21-25-35(43(27-32)48-42-14-8-5-11-38(42)39-26-22-33(46-2)28-44(39)48)31-17-15-29(16-18-31)30-19-23-34(24-20-30)47-40-12-6-3-9-36(40)37-10-4-7-13-41(37)47/h3-28H. The van der Waals surface area contributed by atoms with Crippen molar-refractivity contribution in [2.24, 2.45) is 0 Å². The van der Waals surface area contributed by atoms with Crippen LogP contribution in [0.3, 0.4) is 0 Å². The van der Waals surface area contributed by atoms with Gasteiger partial charge < -0.3 is 9.13 Å². The number of aromatic nitrogens is 2. The summed E-state index contributed by atoms with van der Waals surface area (Å²) in [6, 6.07) is 54.6. The zero-order chi connectivity index (χ0) is 32.2. The molecule has 48 heavy (non-hydrogen) atoms. The van der Waals surface area contributed by atoms with Crippen molar-refractivity contribution >= 4 is 55.0 Å². The summed E-state index contributed by atoms with van der Waals surface area (Å²) in [5, 5.41) is 4.70. The van der Waals surface area contributed by atoms with Gasteiger partial charge in [-0.05, 0) is 59.2 Å². The molecule has 0 radical (unpaired) electrons. The minimum atomic E-state index is 0.570. The highest BCUT2D eigenvalue weighted by Gasteiger charge is 2.17. The van der Waals surface area contributed by atoms with Crippen LogP contribution in [-0.2, 0) is 0 Å². The van der Waals surface area contributed by atoms with Crippen molar-refractivity contribution in [3.8, 4) is 33.6 Å². The fourth-order valence-corrected chi connectivity index (χ4v) is 7.15. The SMILES string of the molecule is [C-]#[N+]c1ccc(-c2ccc(-c3ccc(-n4c5ccccc5c5ccccc54)cc3)cc2)c(-n2c3ccccc3c3ccc([N+]#[C-])cc32)c1. The van der Waals surface area contributed by atoms with Gasteiger partial charge in [-0.1, -0.05) is 115 Å². The van der Waals surface area contributed by atoms with Gasteiger partial charge in [-0.2, -0.15) is 0 Å². The summed E-state index contributed by atoms with van der Waals surface area (Å²) in [5.74, 6) is 0. The third-order valence-electron chi connectivity index (χ3n) is 9.37. The Kier molecular flexibility index (Phi) is 6.22. The molecule has 0 amide bonds. The summed E-state index contributed by atoms with van der Waals surface area (Å²) in [6.07, 6.45) is 0. The fourth-order valence-electron chi connectivity index (χ4n) is 7.15. The first-order valence-corrected chi connectivity index (χ1v) is 15.8. The summed E-state index contributed by atoms with van der Waals surface area (Å²) in [4.78, 5) is 7.48. The molecule has 0 saturated heterocycles. The predicted molar refractivity (Wildman–Crippen MR) is 199 cm³/mol. The highest BCUT2D eigenvalue weighted by Crippen LogP contribution is 2.40. The van der Waals surface area contributed by atoms with Gasteiger partial charge >= 0.3 is 0 Å². The summed E-state index contributed by atoms with van der Waals surface area (Å²) in [7, 11) is 0. The number of hydrogen-bond acceptors (Lipinski definition) is 0. The molecule has 0 unspecified atom stereocenters. The highest BCUT2D eigenvalue weighted by atomic mass is 15.0. The lowest BCUT2D eigenvalue weighted by atomic mass is 9.98. The molecular weight excluding hydrogens is 585 g/mol. The second-order valence-electron chi connectivity index (χ2n) is 12.0. The van der Waals surface area contributed by atoms with Crippen LogP contribution >= 0.6 is 0 Å². The number of fused-ring (bicyclic) bond motifs is 6. The van der Waals surface area contributed by atoms with Gasteiger partial charge in [0.2, 0.25) is 0 Å². The maximum absolute atomic E-state index is 7.77. The van der Waals surface area contributed by atoms with E-state index < -0.39 is 0 Å². The second kappa shape index (κ2) is 10.9. The Balaban J connectivity index is 1.13. The van der Waals surface area contributed by atoms with Crippen LogP contribution in [0.1, 0.15) is 0 Å². The first-order chi connectivity index (χ1) is 23.7. The smallest absolute Gasteiger partial charge is 0.189 e. The van der Waals surface area contributed by atoms with Crippen molar-refractivity contribution in [3.63, 3.8) is 0 Å². The van der Waals surface area contributed by atoms with Crippen molar-refractivity contribution in [1.29, 1.82) is 0 Å². The molecule has 0 aliphatic rings. The van der Waals surface area contributed by atoms with Crippen LogP contribution < -0.4 is 0 Å². The molecule has 9 aromatic rings. The van der Waals surface area contributed by atoms with Gasteiger partial charge in [0, 0.05) is 44.0 Å². The van der Waals surface area contributed by atoms with Crippen molar-refractivity contribution in [1.82, 2.24) is 9.13 Å². The van der Waals surface area contributed by atoms with Crippen molar-refractivity contribution in [2.45, 2.75) is 0 Å². The van der Waals surface area contributed by atoms with Crippen LogP contribution in [0.5, 0.6) is 0 Å². The Morgan fingerprint density at radius 2 is 0.833 bits per heavy atom. The number of hydrogen-bond donors (Lipinski definition) is 0. The lowest BCUT2D eigenvalue weighted by Gasteiger charge is -2.15. The monoisotopic (exact) mass is 610 g/mol. The van der Waals surface area contributed by atoms with Crippen LogP contribution in [0.4, 0.5) is 11.4 Å². The molecule has 0 spiro atoms. The van der Waals surface area contributed by atoms with Crippen LogP contribution in [0.25, 0.3) is 86.9 Å². The van der Waals surface area contributed by atoms with Gasteiger partial charge in [-0.25, -0.2) is 9.69 Å². The van der Waals surface area contributed by atoms with E-state index in [0.717, 1.165) is 55.4 Å². The molecule has 0 aliphatic carbocycles. The maximum atomic E-state index is 7.77. The average Bonchev–Trinajstić information content (AvgIpc) is 3.67. The van der Waals surface area contributed by atoms with Gasteiger partial charge in [0.05, 0.1) is 29.7 Å². The van der Waals surface area contributed by atoms with E-state index in [-0.39, 0.29) is 0 Å². The predicted octanol–water partition coefficient (Wildman–Crippen LogP) is 12.3.